The van der Waals surface area contributed by atoms with Gasteiger partial charge in [0.2, 0.25) is 11.2 Å². The summed E-state index contributed by atoms with van der Waals surface area (Å²) in [5.74, 6) is 0.888. The lowest BCUT2D eigenvalue weighted by Gasteiger charge is -2.21. The molecule has 4 rings (SSSR count). The van der Waals surface area contributed by atoms with E-state index >= 15 is 0 Å². The lowest BCUT2D eigenvalue weighted by molar-refractivity contribution is 0.0958. The quantitative estimate of drug-likeness (QED) is 0.642. The molecule has 0 atom stereocenters. The third-order valence-electron chi connectivity index (χ3n) is 4.56. The van der Waals surface area contributed by atoms with Gasteiger partial charge in [0.25, 0.3) is 5.91 Å². The zero-order valence-corrected chi connectivity index (χ0v) is 16.3. The summed E-state index contributed by atoms with van der Waals surface area (Å²) in [6.45, 7) is 0.627. The summed E-state index contributed by atoms with van der Waals surface area (Å²) in [5.41, 5.74) is 2.18. The lowest BCUT2D eigenvalue weighted by Crippen LogP contribution is -2.33. The molecule has 29 heavy (non-hydrogen) atoms. The van der Waals surface area contributed by atoms with Crippen LogP contribution in [0.15, 0.2) is 70.1 Å². The Morgan fingerprint density at radius 3 is 2.76 bits per heavy atom. The minimum atomic E-state index is -0.445. The van der Waals surface area contributed by atoms with Gasteiger partial charge < -0.3 is 14.1 Å². The fourth-order valence-electron chi connectivity index (χ4n) is 3.06. The van der Waals surface area contributed by atoms with Crippen molar-refractivity contribution in [2.75, 3.05) is 17.2 Å². The molecule has 0 fully saturated rings. The molecular formula is C22H18FNO4S. The molecule has 0 radical (unpaired) electrons. The van der Waals surface area contributed by atoms with E-state index in [1.54, 1.807) is 28.8 Å². The second-order valence-electron chi connectivity index (χ2n) is 6.53. The van der Waals surface area contributed by atoms with Crippen LogP contribution in [-0.4, -0.2) is 18.2 Å². The first kappa shape index (κ1) is 19.3. The van der Waals surface area contributed by atoms with E-state index in [2.05, 4.69) is 0 Å². The maximum atomic E-state index is 13.0. The molecule has 1 aliphatic heterocycles. The monoisotopic (exact) mass is 411 g/mol. The van der Waals surface area contributed by atoms with Crippen LogP contribution in [0.2, 0.25) is 0 Å². The van der Waals surface area contributed by atoms with E-state index in [1.807, 2.05) is 24.3 Å². The number of fused-ring (bicyclic) bond motifs is 1. The molecule has 0 saturated carbocycles. The van der Waals surface area contributed by atoms with Crippen molar-refractivity contribution in [1.82, 2.24) is 0 Å². The number of benzene rings is 2. The Morgan fingerprint density at radius 2 is 1.97 bits per heavy atom. The van der Waals surface area contributed by atoms with Gasteiger partial charge in [0.1, 0.15) is 18.7 Å². The third-order valence-corrected chi connectivity index (χ3v) is 5.55. The highest BCUT2D eigenvalue weighted by Crippen LogP contribution is 2.29. The molecule has 0 aliphatic carbocycles. The van der Waals surface area contributed by atoms with E-state index in [0.717, 1.165) is 35.1 Å². The van der Waals surface area contributed by atoms with Gasteiger partial charge in [0, 0.05) is 29.8 Å². The highest BCUT2D eigenvalue weighted by Gasteiger charge is 2.24. The molecular weight excluding hydrogens is 393 g/mol. The van der Waals surface area contributed by atoms with Crippen LogP contribution in [0.5, 0.6) is 5.75 Å². The predicted molar refractivity (Wildman–Crippen MR) is 110 cm³/mol. The number of rotatable bonds is 4. The minimum Gasteiger partial charge on any atom is -0.482 e. The Kier molecular flexibility index (Phi) is 5.67. The molecule has 2 heterocycles. The number of anilines is 1. The standard InChI is InChI=1S/C22H18FNO4S/c23-17-7-5-15(6-8-17)12-27-21-13-28-20(11-19(21)25)22(26)24-9-10-29-14-16-3-1-2-4-18(16)24/h1-8,11,13H,9-10,12,14H2. The van der Waals surface area contributed by atoms with Crippen molar-refractivity contribution in [2.45, 2.75) is 12.4 Å². The summed E-state index contributed by atoms with van der Waals surface area (Å²) >= 11 is 1.76. The van der Waals surface area contributed by atoms with Crippen LogP contribution in [0.25, 0.3) is 0 Å². The zero-order valence-electron chi connectivity index (χ0n) is 15.5. The van der Waals surface area contributed by atoms with Crippen molar-refractivity contribution in [3.63, 3.8) is 0 Å². The van der Waals surface area contributed by atoms with E-state index in [9.17, 15) is 14.0 Å². The first-order valence-electron chi connectivity index (χ1n) is 9.09. The molecule has 148 valence electrons. The van der Waals surface area contributed by atoms with Crippen molar-refractivity contribution in [1.29, 1.82) is 0 Å². The summed E-state index contributed by atoms with van der Waals surface area (Å²) in [4.78, 5) is 27.0. The second-order valence-corrected chi connectivity index (χ2v) is 7.63. The first-order chi connectivity index (χ1) is 14.1. The van der Waals surface area contributed by atoms with Crippen LogP contribution in [0.4, 0.5) is 10.1 Å². The van der Waals surface area contributed by atoms with Gasteiger partial charge in [-0.1, -0.05) is 30.3 Å². The smallest absolute Gasteiger partial charge is 0.294 e. The third kappa shape index (κ3) is 4.35. The summed E-state index contributed by atoms with van der Waals surface area (Å²) < 4.78 is 23.9. The number of carbonyl (C=O) groups excluding carboxylic acids is 1. The Hall–Kier alpha value is -3.06. The molecule has 0 bridgehead atoms. The molecule has 1 aromatic heterocycles. The van der Waals surface area contributed by atoms with Crippen LogP contribution >= 0.6 is 11.8 Å². The van der Waals surface area contributed by atoms with Gasteiger partial charge in [0.15, 0.2) is 5.76 Å². The number of ether oxygens (including phenoxy) is 1. The molecule has 2 aromatic carbocycles. The summed E-state index contributed by atoms with van der Waals surface area (Å²) in [7, 11) is 0. The van der Waals surface area contributed by atoms with Crippen LogP contribution in [-0.2, 0) is 12.4 Å². The molecule has 7 heteroatoms. The number of hydrogen-bond donors (Lipinski definition) is 0. The van der Waals surface area contributed by atoms with Crippen LogP contribution in [0.1, 0.15) is 21.7 Å². The number of para-hydroxylation sites is 1. The number of halogens is 1. The van der Waals surface area contributed by atoms with Crippen molar-refractivity contribution in [2.24, 2.45) is 0 Å². The molecule has 0 saturated heterocycles. The molecule has 1 aliphatic rings. The van der Waals surface area contributed by atoms with E-state index in [0.29, 0.717) is 12.1 Å². The fraction of sp³-hybridized carbons (Fsp3) is 0.182. The Labute approximate surface area is 171 Å². The predicted octanol–water partition coefficient (Wildman–Crippen LogP) is 4.25. The minimum absolute atomic E-state index is 0.00213. The zero-order chi connectivity index (χ0) is 20.2. The lowest BCUT2D eigenvalue weighted by atomic mass is 10.1. The van der Waals surface area contributed by atoms with Gasteiger partial charge in [-0.25, -0.2) is 4.39 Å². The number of carbonyl (C=O) groups is 1. The maximum absolute atomic E-state index is 13.0. The highest BCUT2D eigenvalue weighted by molar-refractivity contribution is 7.98. The van der Waals surface area contributed by atoms with Crippen LogP contribution in [0.3, 0.4) is 0 Å². The molecule has 5 nitrogen and oxygen atoms in total. The topological polar surface area (TPSA) is 59.8 Å². The van der Waals surface area contributed by atoms with Crippen molar-refractivity contribution < 1.29 is 18.3 Å². The molecule has 3 aromatic rings. The van der Waals surface area contributed by atoms with E-state index in [4.69, 9.17) is 9.15 Å². The van der Waals surface area contributed by atoms with Gasteiger partial charge in [-0.15, -0.1) is 0 Å². The van der Waals surface area contributed by atoms with Gasteiger partial charge in [0.05, 0.1) is 0 Å². The van der Waals surface area contributed by atoms with Crippen molar-refractivity contribution in [3.8, 4) is 5.75 Å². The summed E-state index contributed by atoms with van der Waals surface area (Å²) in [5, 5.41) is 0. The van der Waals surface area contributed by atoms with Crippen LogP contribution < -0.4 is 15.1 Å². The first-order valence-corrected chi connectivity index (χ1v) is 10.2. The second kappa shape index (κ2) is 8.53. The largest absolute Gasteiger partial charge is 0.482 e. The number of hydrogen-bond acceptors (Lipinski definition) is 5. The normalized spacial score (nSPS) is 13.5. The van der Waals surface area contributed by atoms with Gasteiger partial charge in [-0.05, 0) is 29.3 Å². The van der Waals surface area contributed by atoms with E-state index in [1.165, 1.54) is 12.1 Å². The Morgan fingerprint density at radius 1 is 1.17 bits per heavy atom. The molecule has 0 N–H and O–H groups in total. The van der Waals surface area contributed by atoms with Gasteiger partial charge in [-0.3, -0.25) is 9.59 Å². The van der Waals surface area contributed by atoms with Crippen LogP contribution in [0, 0.1) is 5.82 Å². The average Bonchev–Trinajstić information content (AvgIpc) is 2.96. The molecule has 0 spiro atoms. The van der Waals surface area contributed by atoms with Crippen molar-refractivity contribution >= 4 is 23.4 Å². The SMILES string of the molecule is O=C(c1cc(=O)c(OCc2ccc(F)cc2)co1)N1CCSCc2ccccc21. The van der Waals surface area contributed by atoms with Gasteiger partial charge >= 0.3 is 0 Å². The summed E-state index contributed by atoms with van der Waals surface area (Å²) in [6, 6.07) is 14.7. The molecule has 1 amide bonds. The number of amides is 1. The van der Waals surface area contributed by atoms with Crippen molar-refractivity contribution in [3.05, 3.63) is 93.8 Å². The Bertz CT molecular complexity index is 1080. The van der Waals surface area contributed by atoms with Gasteiger partial charge in [-0.2, -0.15) is 11.8 Å². The highest BCUT2D eigenvalue weighted by atomic mass is 32.2. The average molecular weight is 411 g/mol. The number of nitrogens with zero attached hydrogens (tertiary/aromatic N) is 1. The maximum Gasteiger partial charge on any atom is 0.294 e. The summed E-state index contributed by atoms with van der Waals surface area (Å²) in [6.07, 6.45) is 1.15. The van der Waals surface area contributed by atoms with E-state index in [-0.39, 0.29) is 29.8 Å². The number of thioether (sulfide) groups is 1. The fourth-order valence-corrected chi connectivity index (χ4v) is 3.98. The molecule has 0 unspecified atom stereocenters. The van der Waals surface area contributed by atoms with E-state index < -0.39 is 5.43 Å². The Balaban J connectivity index is 1.52.